The van der Waals surface area contributed by atoms with Crippen molar-refractivity contribution in [2.45, 2.75) is 32.2 Å². The number of likely N-dealkylation sites (tertiary alicyclic amines) is 1. The number of anilines is 1. The summed E-state index contributed by atoms with van der Waals surface area (Å²) in [6, 6.07) is 14.6. The van der Waals surface area contributed by atoms with E-state index in [4.69, 9.17) is 16.1 Å². The second-order valence-electron chi connectivity index (χ2n) is 6.97. The number of hydrogen-bond acceptors (Lipinski definition) is 4. The van der Waals surface area contributed by atoms with Crippen LogP contribution in [0.25, 0.3) is 11.4 Å². The van der Waals surface area contributed by atoms with E-state index in [2.05, 4.69) is 15.5 Å². The van der Waals surface area contributed by atoms with E-state index in [0.29, 0.717) is 29.0 Å². The van der Waals surface area contributed by atoms with Gasteiger partial charge in [0.05, 0.1) is 0 Å². The summed E-state index contributed by atoms with van der Waals surface area (Å²) in [7, 11) is 0. The number of nitrogens with one attached hydrogen (secondary N) is 1. The van der Waals surface area contributed by atoms with Crippen molar-refractivity contribution in [2.75, 3.05) is 11.9 Å². The average Bonchev–Trinajstić information content (AvgIpc) is 3.20. The topological polar surface area (TPSA) is 71.3 Å². The summed E-state index contributed by atoms with van der Waals surface area (Å²) in [4.78, 5) is 19.2. The van der Waals surface area contributed by atoms with Crippen LogP contribution in [-0.2, 0) is 0 Å². The van der Waals surface area contributed by atoms with Gasteiger partial charge in [-0.15, -0.1) is 0 Å². The molecule has 28 heavy (non-hydrogen) atoms. The molecular formula is C21H21ClN4O2. The van der Waals surface area contributed by atoms with Gasteiger partial charge in [0.1, 0.15) is 6.04 Å². The Morgan fingerprint density at radius 3 is 2.82 bits per heavy atom. The third kappa shape index (κ3) is 4.02. The molecular weight excluding hydrogens is 376 g/mol. The van der Waals surface area contributed by atoms with Crippen LogP contribution in [-0.4, -0.2) is 27.6 Å². The van der Waals surface area contributed by atoms with Crippen LogP contribution in [0.5, 0.6) is 0 Å². The lowest BCUT2D eigenvalue weighted by molar-refractivity contribution is 0.142. The molecule has 2 heterocycles. The van der Waals surface area contributed by atoms with Crippen LogP contribution in [0.4, 0.5) is 10.5 Å². The molecule has 1 aromatic heterocycles. The Balaban J connectivity index is 1.54. The molecule has 0 unspecified atom stereocenters. The van der Waals surface area contributed by atoms with Gasteiger partial charge < -0.3 is 14.7 Å². The molecule has 3 aromatic rings. The average molecular weight is 397 g/mol. The first-order valence-electron chi connectivity index (χ1n) is 9.34. The molecule has 144 valence electrons. The van der Waals surface area contributed by atoms with Gasteiger partial charge >= 0.3 is 6.03 Å². The smallest absolute Gasteiger partial charge is 0.322 e. The van der Waals surface area contributed by atoms with Crippen LogP contribution in [0.1, 0.15) is 36.8 Å². The number of nitrogens with zero attached hydrogens (tertiary/aromatic N) is 3. The Hall–Kier alpha value is -2.86. The van der Waals surface area contributed by atoms with Gasteiger partial charge in [-0.25, -0.2) is 4.79 Å². The van der Waals surface area contributed by atoms with Crippen molar-refractivity contribution < 1.29 is 9.32 Å². The lowest BCUT2D eigenvalue weighted by Crippen LogP contribution is -2.41. The standard InChI is InChI=1S/C21H21ClN4O2/c1-14-5-4-6-15(13-14)19-24-20(28-25-19)18-7-2-3-12-26(18)21(27)23-17-10-8-16(22)9-11-17/h4-6,8-11,13,18H,2-3,7,12H2,1H3,(H,23,27)/t18-/m1/s1. The van der Waals surface area contributed by atoms with Crippen molar-refractivity contribution in [3.63, 3.8) is 0 Å². The van der Waals surface area contributed by atoms with Crippen LogP contribution in [0.2, 0.25) is 5.02 Å². The normalized spacial score (nSPS) is 16.8. The zero-order valence-corrected chi connectivity index (χ0v) is 16.3. The van der Waals surface area contributed by atoms with Crippen molar-refractivity contribution in [3.05, 3.63) is 65.0 Å². The summed E-state index contributed by atoms with van der Waals surface area (Å²) in [6.45, 7) is 2.67. The molecule has 7 heteroatoms. The Morgan fingerprint density at radius 1 is 1.21 bits per heavy atom. The maximum absolute atomic E-state index is 12.8. The van der Waals surface area contributed by atoms with Crippen LogP contribution >= 0.6 is 11.6 Å². The number of benzene rings is 2. The van der Waals surface area contributed by atoms with E-state index in [1.165, 1.54) is 0 Å². The molecule has 1 N–H and O–H groups in total. The van der Waals surface area contributed by atoms with E-state index in [1.807, 2.05) is 31.2 Å². The number of amides is 2. The van der Waals surface area contributed by atoms with Crippen molar-refractivity contribution in [1.29, 1.82) is 0 Å². The molecule has 1 aliphatic heterocycles. The number of hydrogen-bond donors (Lipinski definition) is 1. The van der Waals surface area contributed by atoms with Crippen molar-refractivity contribution in [2.24, 2.45) is 0 Å². The van der Waals surface area contributed by atoms with E-state index in [9.17, 15) is 4.79 Å². The summed E-state index contributed by atoms with van der Waals surface area (Å²) >= 11 is 5.91. The molecule has 0 bridgehead atoms. The maximum atomic E-state index is 12.8. The number of carbonyl (C=O) groups excluding carboxylic acids is 1. The highest BCUT2D eigenvalue weighted by atomic mass is 35.5. The first kappa shape index (κ1) is 18.5. The molecule has 0 saturated carbocycles. The van der Waals surface area contributed by atoms with E-state index in [-0.39, 0.29) is 12.1 Å². The predicted octanol–water partition coefficient (Wildman–Crippen LogP) is 5.46. The van der Waals surface area contributed by atoms with Crippen LogP contribution in [0.3, 0.4) is 0 Å². The van der Waals surface area contributed by atoms with Gasteiger partial charge in [-0.05, 0) is 56.5 Å². The molecule has 0 spiro atoms. The van der Waals surface area contributed by atoms with Gasteiger partial charge in [0.25, 0.3) is 0 Å². The fraction of sp³-hybridized carbons (Fsp3) is 0.286. The number of aromatic nitrogens is 2. The minimum atomic E-state index is -0.230. The quantitative estimate of drug-likeness (QED) is 0.638. The van der Waals surface area contributed by atoms with Gasteiger partial charge in [0, 0.05) is 22.8 Å². The number of carbonyl (C=O) groups is 1. The van der Waals surface area contributed by atoms with Crippen molar-refractivity contribution in [1.82, 2.24) is 15.0 Å². The molecule has 1 atom stereocenters. The monoisotopic (exact) mass is 396 g/mol. The SMILES string of the molecule is Cc1cccc(-c2noc([C@H]3CCCCN3C(=O)Nc3ccc(Cl)cc3)n2)c1. The molecule has 1 saturated heterocycles. The summed E-state index contributed by atoms with van der Waals surface area (Å²) in [6.07, 6.45) is 2.75. The number of urea groups is 1. The third-order valence-corrected chi connectivity index (χ3v) is 5.11. The Kier molecular flexibility index (Phi) is 5.30. The maximum Gasteiger partial charge on any atom is 0.322 e. The zero-order chi connectivity index (χ0) is 19.5. The summed E-state index contributed by atoms with van der Waals surface area (Å²) in [5.74, 6) is 1.02. The summed E-state index contributed by atoms with van der Waals surface area (Å²) in [5.41, 5.74) is 2.73. The first-order valence-corrected chi connectivity index (χ1v) is 9.72. The minimum absolute atomic E-state index is 0.178. The largest absolute Gasteiger partial charge is 0.337 e. The van der Waals surface area contributed by atoms with Crippen LogP contribution < -0.4 is 5.32 Å². The summed E-state index contributed by atoms with van der Waals surface area (Å²) < 4.78 is 5.54. The van der Waals surface area contributed by atoms with Gasteiger partial charge in [0.2, 0.25) is 11.7 Å². The molecule has 1 fully saturated rings. The molecule has 1 aliphatic rings. The zero-order valence-electron chi connectivity index (χ0n) is 15.6. The van der Waals surface area contributed by atoms with Gasteiger partial charge in [0.15, 0.2) is 0 Å². The predicted molar refractivity (Wildman–Crippen MR) is 108 cm³/mol. The van der Waals surface area contributed by atoms with Gasteiger partial charge in [-0.2, -0.15) is 4.98 Å². The molecule has 6 nitrogen and oxygen atoms in total. The lowest BCUT2D eigenvalue weighted by atomic mass is 10.0. The Bertz CT molecular complexity index is 971. The number of halogens is 1. The first-order chi connectivity index (χ1) is 13.6. The molecule has 0 aliphatic carbocycles. The highest BCUT2D eigenvalue weighted by Crippen LogP contribution is 2.32. The molecule has 0 radical (unpaired) electrons. The van der Waals surface area contributed by atoms with Crippen LogP contribution in [0.15, 0.2) is 53.1 Å². The van der Waals surface area contributed by atoms with Crippen molar-refractivity contribution in [3.8, 4) is 11.4 Å². The van der Waals surface area contributed by atoms with Gasteiger partial charge in [-0.1, -0.05) is 40.5 Å². The highest BCUT2D eigenvalue weighted by Gasteiger charge is 2.32. The van der Waals surface area contributed by atoms with E-state index in [1.54, 1.807) is 29.2 Å². The lowest BCUT2D eigenvalue weighted by Gasteiger charge is -2.33. The Labute approximate surface area is 168 Å². The Morgan fingerprint density at radius 2 is 2.04 bits per heavy atom. The van der Waals surface area contributed by atoms with E-state index in [0.717, 1.165) is 30.4 Å². The second kappa shape index (κ2) is 8.02. The third-order valence-electron chi connectivity index (χ3n) is 4.86. The fourth-order valence-corrected chi connectivity index (χ4v) is 3.56. The molecule has 2 aromatic carbocycles. The van der Waals surface area contributed by atoms with E-state index < -0.39 is 0 Å². The van der Waals surface area contributed by atoms with Crippen LogP contribution in [0, 0.1) is 6.92 Å². The minimum Gasteiger partial charge on any atom is -0.337 e. The second-order valence-corrected chi connectivity index (χ2v) is 7.40. The molecule has 2 amide bonds. The summed E-state index contributed by atoms with van der Waals surface area (Å²) in [5, 5.41) is 7.68. The number of aryl methyl sites for hydroxylation is 1. The fourth-order valence-electron chi connectivity index (χ4n) is 3.43. The highest BCUT2D eigenvalue weighted by molar-refractivity contribution is 6.30. The number of rotatable bonds is 3. The van der Waals surface area contributed by atoms with E-state index >= 15 is 0 Å². The van der Waals surface area contributed by atoms with Crippen molar-refractivity contribution >= 4 is 23.3 Å². The number of piperidine rings is 1. The van der Waals surface area contributed by atoms with Gasteiger partial charge in [-0.3, -0.25) is 0 Å². The molecule has 4 rings (SSSR count).